The molecule has 5 heteroatoms. The lowest BCUT2D eigenvalue weighted by molar-refractivity contribution is 0.533. The summed E-state index contributed by atoms with van der Waals surface area (Å²) < 4.78 is 28.5. The fourth-order valence-corrected chi connectivity index (χ4v) is 1.60. The summed E-state index contributed by atoms with van der Waals surface area (Å²) in [6, 6.07) is 5.87. The summed E-state index contributed by atoms with van der Waals surface area (Å²) in [5.74, 6) is -0.497. The van der Waals surface area contributed by atoms with Gasteiger partial charge >= 0.3 is 0 Å². The second-order valence-electron chi connectivity index (χ2n) is 4.33. The highest BCUT2D eigenvalue weighted by atomic mass is 19.1. The molecule has 2 aromatic rings. The Morgan fingerprint density at radius 3 is 2.44 bits per heavy atom. The molecule has 1 aromatic carbocycles. The molecule has 0 atom stereocenters. The third-order valence-electron chi connectivity index (χ3n) is 2.65. The fraction of sp³-hybridized carbons (Fsp3) is 0.308. The summed E-state index contributed by atoms with van der Waals surface area (Å²) in [5, 5.41) is 7.15. The minimum Gasteiger partial charge on any atom is -0.364 e. The van der Waals surface area contributed by atoms with E-state index in [4.69, 9.17) is 0 Å². The van der Waals surface area contributed by atoms with Crippen LogP contribution in [0, 0.1) is 11.6 Å². The summed E-state index contributed by atoms with van der Waals surface area (Å²) >= 11 is 0. The normalized spacial score (nSPS) is 10.9. The van der Waals surface area contributed by atoms with Crippen LogP contribution in [0.3, 0.4) is 0 Å². The minimum absolute atomic E-state index is 0.0246. The largest absolute Gasteiger partial charge is 0.364 e. The number of nitrogens with one attached hydrogen (secondary N) is 1. The highest BCUT2D eigenvalue weighted by Crippen LogP contribution is 2.14. The molecule has 0 amide bonds. The molecule has 0 aliphatic rings. The Balaban J connectivity index is 2.07. The van der Waals surface area contributed by atoms with Crippen LogP contribution in [0.1, 0.15) is 25.5 Å². The van der Waals surface area contributed by atoms with Gasteiger partial charge < -0.3 is 5.32 Å². The monoisotopic (exact) mass is 251 g/mol. The molecule has 0 aliphatic carbocycles. The summed E-state index contributed by atoms with van der Waals surface area (Å²) in [4.78, 5) is 0. The van der Waals surface area contributed by atoms with Crippen molar-refractivity contribution in [3.05, 3.63) is 47.7 Å². The van der Waals surface area contributed by atoms with Crippen molar-refractivity contribution in [1.82, 2.24) is 9.78 Å². The minimum atomic E-state index is -0.550. The van der Waals surface area contributed by atoms with Crippen LogP contribution in [-0.2, 0) is 6.54 Å². The molecule has 2 rings (SSSR count). The van der Waals surface area contributed by atoms with Gasteiger partial charge in [0.1, 0.15) is 17.5 Å². The van der Waals surface area contributed by atoms with Gasteiger partial charge in [0.25, 0.3) is 0 Å². The van der Waals surface area contributed by atoms with Crippen LogP contribution in [0.4, 0.5) is 14.6 Å². The Kier molecular flexibility index (Phi) is 3.60. The van der Waals surface area contributed by atoms with Crippen LogP contribution in [0.5, 0.6) is 0 Å². The van der Waals surface area contributed by atoms with Gasteiger partial charge in [-0.3, -0.25) is 4.68 Å². The predicted molar refractivity (Wildman–Crippen MR) is 66.3 cm³/mol. The topological polar surface area (TPSA) is 29.9 Å². The molecule has 1 aromatic heterocycles. The Morgan fingerprint density at radius 2 is 1.89 bits per heavy atom. The molecule has 0 bridgehead atoms. The van der Waals surface area contributed by atoms with Gasteiger partial charge in [-0.15, -0.1) is 0 Å². The van der Waals surface area contributed by atoms with Crippen molar-refractivity contribution in [2.24, 2.45) is 0 Å². The SMILES string of the molecule is CC(C)n1ccc(NCc2c(F)cccc2F)n1. The van der Waals surface area contributed by atoms with Crippen molar-refractivity contribution in [2.75, 3.05) is 5.32 Å². The Labute approximate surface area is 104 Å². The number of nitrogens with zero attached hydrogens (tertiary/aromatic N) is 2. The third-order valence-corrected chi connectivity index (χ3v) is 2.65. The van der Waals surface area contributed by atoms with E-state index in [1.54, 1.807) is 10.7 Å². The molecule has 3 nitrogen and oxygen atoms in total. The standard InChI is InChI=1S/C13H15F2N3/c1-9(2)18-7-6-13(17-18)16-8-10-11(14)4-3-5-12(10)15/h3-7,9H,8H2,1-2H3,(H,16,17). The van der Waals surface area contributed by atoms with E-state index in [-0.39, 0.29) is 18.2 Å². The van der Waals surface area contributed by atoms with E-state index >= 15 is 0 Å². The zero-order valence-corrected chi connectivity index (χ0v) is 10.3. The lowest BCUT2D eigenvalue weighted by Gasteiger charge is -2.07. The van der Waals surface area contributed by atoms with Gasteiger partial charge in [-0.2, -0.15) is 5.10 Å². The highest BCUT2D eigenvalue weighted by Gasteiger charge is 2.08. The lowest BCUT2D eigenvalue weighted by Crippen LogP contribution is -2.06. The summed E-state index contributed by atoms with van der Waals surface area (Å²) in [5.41, 5.74) is 0.0246. The van der Waals surface area contributed by atoms with Crippen LogP contribution >= 0.6 is 0 Å². The maximum Gasteiger partial charge on any atom is 0.148 e. The number of hydrogen-bond acceptors (Lipinski definition) is 2. The molecule has 0 radical (unpaired) electrons. The average molecular weight is 251 g/mol. The average Bonchev–Trinajstić information content (AvgIpc) is 2.77. The Morgan fingerprint density at radius 1 is 1.22 bits per heavy atom. The van der Waals surface area contributed by atoms with Crippen LogP contribution in [-0.4, -0.2) is 9.78 Å². The number of anilines is 1. The van der Waals surface area contributed by atoms with Gasteiger partial charge in [-0.1, -0.05) is 6.07 Å². The number of rotatable bonds is 4. The van der Waals surface area contributed by atoms with Crippen LogP contribution in [0.25, 0.3) is 0 Å². The molecule has 18 heavy (non-hydrogen) atoms. The number of halogens is 2. The maximum absolute atomic E-state index is 13.4. The summed E-state index contributed by atoms with van der Waals surface area (Å²) in [6.45, 7) is 4.09. The van der Waals surface area contributed by atoms with E-state index in [0.717, 1.165) is 0 Å². The van der Waals surface area contributed by atoms with E-state index < -0.39 is 11.6 Å². The van der Waals surface area contributed by atoms with E-state index in [2.05, 4.69) is 10.4 Å². The van der Waals surface area contributed by atoms with Crippen molar-refractivity contribution in [1.29, 1.82) is 0 Å². The van der Waals surface area contributed by atoms with Crippen molar-refractivity contribution in [2.45, 2.75) is 26.4 Å². The molecule has 0 fully saturated rings. The van der Waals surface area contributed by atoms with E-state index in [0.29, 0.717) is 5.82 Å². The van der Waals surface area contributed by atoms with Gasteiger partial charge in [0.2, 0.25) is 0 Å². The number of benzene rings is 1. The first-order valence-electron chi connectivity index (χ1n) is 5.80. The van der Waals surface area contributed by atoms with E-state index in [1.807, 2.05) is 20.0 Å². The third kappa shape index (κ3) is 2.67. The van der Waals surface area contributed by atoms with Gasteiger partial charge in [-0.25, -0.2) is 8.78 Å². The lowest BCUT2D eigenvalue weighted by atomic mass is 10.2. The van der Waals surface area contributed by atoms with Gasteiger partial charge in [0.15, 0.2) is 0 Å². The van der Waals surface area contributed by atoms with Crippen molar-refractivity contribution < 1.29 is 8.78 Å². The smallest absolute Gasteiger partial charge is 0.148 e. The predicted octanol–water partition coefficient (Wildman–Crippen LogP) is 3.35. The molecular weight excluding hydrogens is 236 g/mol. The molecule has 0 saturated heterocycles. The zero-order valence-electron chi connectivity index (χ0n) is 10.3. The number of aromatic nitrogens is 2. The quantitative estimate of drug-likeness (QED) is 0.903. The van der Waals surface area contributed by atoms with Gasteiger partial charge in [0, 0.05) is 30.4 Å². The fourth-order valence-electron chi connectivity index (χ4n) is 1.60. The molecule has 0 aliphatic heterocycles. The van der Waals surface area contributed by atoms with Gasteiger partial charge in [0.05, 0.1) is 0 Å². The van der Waals surface area contributed by atoms with Crippen LogP contribution < -0.4 is 5.32 Å². The summed E-state index contributed by atoms with van der Waals surface area (Å²) in [6.07, 6.45) is 1.82. The Hall–Kier alpha value is -1.91. The molecule has 0 saturated carbocycles. The molecule has 1 N–H and O–H groups in total. The molecular formula is C13H15F2N3. The van der Waals surface area contributed by atoms with Gasteiger partial charge in [-0.05, 0) is 26.0 Å². The highest BCUT2D eigenvalue weighted by molar-refractivity contribution is 5.34. The second-order valence-corrected chi connectivity index (χ2v) is 4.33. The number of hydrogen-bond donors (Lipinski definition) is 1. The van der Waals surface area contributed by atoms with E-state index in [1.165, 1.54) is 18.2 Å². The van der Waals surface area contributed by atoms with Crippen molar-refractivity contribution in [3.8, 4) is 0 Å². The van der Waals surface area contributed by atoms with Crippen molar-refractivity contribution in [3.63, 3.8) is 0 Å². The molecule has 0 unspecified atom stereocenters. The Bertz CT molecular complexity index is 515. The van der Waals surface area contributed by atoms with Crippen molar-refractivity contribution >= 4 is 5.82 Å². The zero-order chi connectivity index (χ0) is 13.1. The van der Waals surface area contributed by atoms with Crippen LogP contribution in [0.2, 0.25) is 0 Å². The van der Waals surface area contributed by atoms with E-state index in [9.17, 15) is 8.78 Å². The maximum atomic E-state index is 13.4. The molecule has 1 heterocycles. The first-order chi connectivity index (χ1) is 8.58. The first kappa shape index (κ1) is 12.5. The molecule has 96 valence electrons. The summed E-state index contributed by atoms with van der Waals surface area (Å²) in [7, 11) is 0. The van der Waals surface area contributed by atoms with Crippen LogP contribution in [0.15, 0.2) is 30.5 Å². The first-order valence-corrected chi connectivity index (χ1v) is 5.80. The molecule has 0 spiro atoms. The second kappa shape index (κ2) is 5.16.